The molecule has 0 unspecified atom stereocenters. The van der Waals surface area contributed by atoms with Crippen LogP contribution in [-0.2, 0) is 14.6 Å². The average molecular weight is 322 g/mol. The molecule has 22 heavy (non-hydrogen) atoms. The lowest BCUT2D eigenvalue weighted by molar-refractivity contribution is -0.119. The predicted molar refractivity (Wildman–Crippen MR) is 81.1 cm³/mol. The number of benzene rings is 1. The normalized spacial score (nSPS) is 20.0. The van der Waals surface area contributed by atoms with Gasteiger partial charge in [-0.25, -0.2) is 12.8 Å². The molecule has 0 saturated carbocycles. The van der Waals surface area contributed by atoms with E-state index in [0.29, 0.717) is 5.69 Å². The first kappa shape index (κ1) is 14.8. The number of sulfone groups is 1. The number of nitrogens with zero attached hydrogens (tertiary/aromatic N) is 1. The van der Waals surface area contributed by atoms with Gasteiger partial charge in [-0.1, -0.05) is 0 Å². The fourth-order valence-electron chi connectivity index (χ4n) is 2.51. The SMILES string of the molecule is O=C(Nc1cc(-n2cccc2)ccc1F)[C@H]1CCS(=O)(=O)C1. The van der Waals surface area contributed by atoms with E-state index < -0.39 is 27.5 Å². The van der Waals surface area contributed by atoms with Gasteiger partial charge in [-0.2, -0.15) is 0 Å². The molecule has 3 rings (SSSR count). The second kappa shape index (κ2) is 5.57. The number of nitrogens with one attached hydrogen (secondary N) is 1. The summed E-state index contributed by atoms with van der Waals surface area (Å²) in [6.07, 6.45) is 3.90. The van der Waals surface area contributed by atoms with Gasteiger partial charge in [0.05, 0.1) is 23.1 Å². The van der Waals surface area contributed by atoms with Crippen LogP contribution in [0.5, 0.6) is 0 Å². The van der Waals surface area contributed by atoms with Gasteiger partial charge in [-0.3, -0.25) is 4.79 Å². The molecule has 0 spiro atoms. The molecule has 0 aliphatic carbocycles. The summed E-state index contributed by atoms with van der Waals surface area (Å²) in [4.78, 5) is 12.1. The van der Waals surface area contributed by atoms with Crippen LogP contribution < -0.4 is 5.32 Å². The van der Waals surface area contributed by atoms with Gasteiger partial charge in [0, 0.05) is 18.1 Å². The highest BCUT2D eigenvalue weighted by atomic mass is 32.2. The Morgan fingerprint density at radius 2 is 2.00 bits per heavy atom. The summed E-state index contributed by atoms with van der Waals surface area (Å²) in [6, 6.07) is 8.08. The summed E-state index contributed by atoms with van der Waals surface area (Å²) in [5.41, 5.74) is 0.765. The van der Waals surface area contributed by atoms with Crippen LogP contribution in [0.15, 0.2) is 42.7 Å². The van der Waals surface area contributed by atoms with E-state index in [4.69, 9.17) is 0 Å². The van der Waals surface area contributed by atoms with Crippen LogP contribution in [0.1, 0.15) is 6.42 Å². The first-order valence-corrected chi connectivity index (χ1v) is 8.71. The van der Waals surface area contributed by atoms with Gasteiger partial charge in [-0.15, -0.1) is 0 Å². The summed E-state index contributed by atoms with van der Waals surface area (Å²) in [5, 5.41) is 2.50. The molecule has 2 aromatic rings. The number of rotatable bonds is 3. The summed E-state index contributed by atoms with van der Waals surface area (Å²) in [5.74, 6) is -1.77. The van der Waals surface area contributed by atoms with Crippen molar-refractivity contribution in [2.24, 2.45) is 5.92 Å². The molecular weight excluding hydrogens is 307 g/mol. The minimum Gasteiger partial charge on any atom is -0.324 e. The van der Waals surface area contributed by atoms with Crippen molar-refractivity contribution in [3.05, 3.63) is 48.5 Å². The Morgan fingerprint density at radius 3 is 2.64 bits per heavy atom. The lowest BCUT2D eigenvalue weighted by Gasteiger charge is -2.12. The van der Waals surface area contributed by atoms with Crippen LogP contribution in [0.2, 0.25) is 0 Å². The summed E-state index contributed by atoms with van der Waals surface area (Å²) in [6.45, 7) is 0. The number of aromatic nitrogens is 1. The third kappa shape index (κ3) is 3.04. The van der Waals surface area contributed by atoms with E-state index in [0.717, 1.165) is 0 Å². The van der Waals surface area contributed by atoms with E-state index in [2.05, 4.69) is 5.32 Å². The quantitative estimate of drug-likeness (QED) is 0.939. The van der Waals surface area contributed by atoms with E-state index >= 15 is 0 Å². The Bertz CT molecular complexity index is 800. The van der Waals surface area contributed by atoms with Crippen LogP contribution in [0.25, 0.3) is 5.69 Å². The van der Waals surface area contributed by atoms with Crippen LogP contribution in [0.3, 0.4) is 0 Å². The van der Waals surface area contributed by atoms with Crippen LogP contribution in [-0.4, -0.2) is 30.4 Å². The molecule has 1 aliphatic rings. The van der Waals surface area contributed by atoms with Gasteiger partial charge in [0.25, 0.3) is 0 Å². The summed E-state index contributed by atoms with van der Waals surface area (Å²) in [7, 11) is -3.15. The van der Waals surface area contributed by atoms with E-state index in [1.807, 2.05) is 24.5 Å². The highest BCUT2D eigenvalue weighted by Gasteiger charge is 2.33. The fraction of sp³-hybridized carbons (Fsp3) is 0.267. The van der Waals surface area contributed by atoms with E-state index in [1.54, 1.807) is 10.6 Å². The van der Waals surface area contributed by atoms with Crippen molar-refractivity contribution in [2.75, 3.05) is 16.8 Å². The van der Waals surface area contributed by atoms with Crippen LogP contribution >= 0.6 is 0 Å². The average Bonchev–Trinajstić information content (AvgIpc) is 3.10. The molecular formula is C15H15FN2O3S. The Hall–Kier alpha value is -2.15. The molecule has 1 atom stereocenters. The molecule has 0 bridgehead atoms. The molecule has 1 N–H and O–H groups in total. The third-order valence-corrected chi connectivity index (χ3v) is 5.48. The largest absolute Gasteiger partial charge is 0.324 e. The fourth-order valence-corrected chi connectivity index (χ4v) is 4.25. The highest BCUT2D eigenvalue weighted by Crippen LogP contribution is 2.23. The summed E-state index contributed by atoms with van der Waals surface area (Å²) >= 11 is 0. The molecule has 1 aromatic carbocycles. The van der Waals surface area contributed by atoms with Crippen molar-refractivity contribution in [1.82, 2.24) is 4.57 Å². The molecule has 1 fully saturated rings. The zero-order valence-corrected chi connectivity index (χ0v) is 12.5. The molecule has 2 heterocycles. The molecule has 5 nitrogen and oxygen atoms in total. The third-order valence-electron chi connectivity index (χ3n) is 3.71. The Labute approximate surface area is 127 Å². The minimum absolute atomic E-state index is 0.0109. The number of hydrogen-bond donors (Lipinski definition) is 1. The zero-order chi connectivity index (χ0) is 15.7. The van der Waals surface area contributed by atoms with Gasteiger partial charge < -0.3 is 9.88 Å². The molecule has 7 heteroatoms. The number of anilines is 1. The zero-order valence-electron chi connectivity index (χ0n) is 11.7. The summed E-state index contributed by atoms with van der Waals surface area (Å²) < 4.78 is 38.5. The number of carbonyl (C=O) groups excluding carboxylic acids is 1. The van der Waals surface area contributed by atoms with Crippen molar-refractivity contribution in [3.63, 3.8) is 0 Å². The van der Waals surface area contributed by atoms with Crippen LogP contribution in [0, 0.1) is 11.7 Å². The van der Waals surface area contributed by atoms with Gasteiger partial charge in [-0.05, 0) is 36.8 Å². The molecule has 1 amide bonds. The monoisotopic (exact) mass is 322 g/mol. The molecule has 1 saturated heterocycles. The molecule has 1 aliphatic heterocycles. The van der Waals surface area contributed by atoms with Crippen molar-refractivity contribution < 1.29 is 17.6 Å². The van der Waals surface area contributed by atoms with E-state index in [1.165, 1.54) is 12.1 Å². The van der Waals surface area contributed by atoms with E-state index in [9.17, 15) is 17.6 Å². The maximum absolute atomic E-state index is 13.9. The smallest absolute Gasteiger partial charge is 0.228 e. The van der Waals surface area contributed by atoms with Crippen molar-refractivity contribution >= 4 is 21.4 Å². The van der Waals surface area contributed by atoms with E-state index in [-0.39, 0.29) is 23.6 Å². The molecule has 116 valence electrons. The Balaban J connectivity index is 1.80. The maximum atomic E-state index is 13.9. The second-order valence-electron chi connectivity index (χ2n) is 5.34. The first-order valence-electron chi connectivity index (χ1n) is 6.89. The number of amides is 1. The maximum Gasteiger partial charge on any atom is 0.228 e. The van der Waals surface area contributed by atoms with Gasteiger partial charge >= 0.3 is 0 Å². The lowest BCUT2D eigenvalue weighted by Crippen LogP contribution is -2.24. The lowest BCUT2D eigenvalue weighted by atomic mass is 10.1. The van der Waals surface area contributed by atoms with Crippen molar-refractivity contribution in [3.8, 4) is 5.69 Å². The highest BCUT2D eigenvalue weighted by molar-refractivity contribution is 7.91. The van der Waals surface area contributed by atoms with Crippen molar-refractivity contribution in [2.45, 2.75) is 6.42 Å². The Kier molecular flexibility index (Phi) is 3.74. The first-order chi connectivity index (χ1) is 10.4. The molecule has 1 aromatic heterocycles. The molecule has 0 radical (unpaired) electrons. The second-order valence-corrected chi connectivity index (χ2v) is 7.57. The number of carbonyl (C=O) groups is 1. The Morgan fingerprint density at radius 1 is 1.27 bits per heavy atom. The number of hydrogen-bond acceptors (Lipinski definition) is 3. The van der Waals surface area contributed by atoms with Crippen LogP contribution in [0.4, 0.5) is 10.1 Å². The van der Waals surface area contributed by atoms with Gasteiger partial charge in [0.2, 0.25) is 5.91 Å². The standard InChI is InChI=1S/C15H15FN2O3S/c16-13-4-3-12(18-6-1-2-7-18)9-14(13)17-15(19)11-5-8-22(20,21)10-11/h1-4,6-7,9,11H,5,8,10H2,(H,17,19)/t11-/m0/s1. The topological polar surface area (TPSA) is 68.2 Å². The predicted octanol–water partition coefficient (Wildman–Crippen LogP) is 1.99. The number of halogens is 1. The van der Waals surface area contributed by atoms with Gasteiger partial charge in [0.15, 0.2) is 9.84 Å². The minimum atomic E-state index is -3.15. The van der Waals surface area contributed by atoms with Crippen molar-refractivity contribution in [1.29, 1.82) is 0 Å². The van der Waals surface area contributed by atoms with Gasteiger partial charge in [0.1, 0.15) is 5.82 Å².